The van der Waals surface area contributed by atoms with Crippen molar-refractivity contribution < 1.29 is 14.3 Å². The van der Waals surface area contributed by atoms with Gasteiger partial charge in [0, 0.05) is 11.3 Å². The van der Waals surface area contributed by atoms with Gasteiger partial charge in [-0.25, -0.2) is 4.79 Å². The van der Waals surface area contributed by atoms with E-state index in [1.807, 2.05) is 80.6 Å². The summed E-state index contributed by atoms with van der Waals surface area (Å²) in [7, 11) is 0. The molecule has 0 saturated carbocycles. The van der Waals surface area contributed by atoms with Crippen LogP contribution in [-0.2, 0) is 9.53 Å². The Hall–Kier alpha value is -3.40. The van der Waals surface area contributed by atoms with E-state index in [2.05, 4.69) is 5.32 Å². The first-order valence-electron chi connectivity index (χ1n) is 8.73. The number of ether oxygens (including phenoxy) is 1. The highest BCUT2D eigenvalue weighted by Gasteiger charge is 2.14. The number of hydrogen-bond donors (Lipinski definition) is 1. The lowest BCUT2D eigenvalue weighted by Crippen LogP contribution is -2.21. The molecule has 0 aliphatic rings. The van der Waals surface area contributed by atoms with E-state index in [1.54, 1.807) is 6.07 Å². The first kappa shape index (κ1) is 18.4. The van der Waals surface area contributed by atoms with Crippen molar-refractivity contribution >= 4 is 17.6 Å². The lowest BCUT2D eigenvalue weighted by atomic mass is 10.0. The number of esters is 1. The SMILES string of the molecule is Cc1ccc(C(=O)OCC(=O)Nc2ccccc2-c2ccccc2)c(C)c1. The number of carbonyl (C=O) groups is 2. The Morgan fingerprint density at radius 3 is 2.33 bits per heavy atom. The molecular formula is C23H21NO3. The molecular weight excluding hydrogens is 338 g/mol. The van der Waals surface area contributed by atoms with E-state index in [9.17, 15) is 9.59 Å². The highest BCUT2D eigenvalue weighted by Crippen LogP contribution is 2.27. The number of para-hydroxylation sites is 1. The maximum atomic E-state index is 12.3. The summed E-state index contributed by atoms with van der Waals surface area (Å²) >= 11 is 0. The number of anilines is 1. The predicted octanol–water partition coefficient (Wildman–Crippen LogP) is 4.77. The third kappa shape index (κ3) is 4.61. The van der Waals surface area contributed by atoms with Gasteiger partial charge in [0.2, 0.25) is 0 Å². The zero-order chi connectivity index (χ0) is 19.2. The van der Waals surface area contributed by atoms with Crippen molar-refractivity contribution in [1.82, 2.24) is 0 Å². The van der Waals surface area contributed by atoms with Gasteiger partial charge >= 0.3 is 5.97 Å². The van der Waals surface area contributed by atoms with Gasteiger partial charge < -0.3 is 10.1 Å². The van der Waals surface area contributed by atoms with Gasteiger partial charge in [-0.2, -0.15) is 0 Å². The largest absolute Gasteiger partial charge is 0.452 e. The van der Waals surface area contributed by atoms with Crippen LogP contribution in [0.25, 0.3) is 11.1 Å². The number of nitrogens with one attached hydrogen (secondary N) is 1. The van der Waals surface area contributed by atoms with Crippen LogP contribution in [0.2, 0.25) is 0 Å². The molecule has 0 bridgehead atoms. The minimum atomic E-state index is -0.501. The first-order valence-corrected chi connectivity index (χ1v) is 8.73. The third-order valence-electron chi connectivity index (χ3n) is 4.22. The van der Waals surface area contributed by atoms with Gasteiger partial charge in [0.25, 0.3) is 5.91 Å². The zero-order valence-electron chi connectivity index (χ0n) is 15.4. The lowest BCUT2D eigenvalue weighted by molar-refractivity contribution is -0.119. The second kappa shape index (κ2) is 8.32. The molecule has 0 fully saturated rings. The second-order valence-electron chi connectivity index (χ2n) is 6.35. The maximum Gasteiger partial charge on any atom is 0.338 e. The normalized spacial score (nSPS) is 10.3. The van der Waals surface area contributed by atoms with Crippen LogP contribution in [0.15, 0.2) is 72.8 Å². The topological polar surface area (TPSA) is 55.4 Å². The molecule has 4 heteroatoms. The molecule has 1 amide bonds. The molecule has 27 heavy (non-hydrogen) atoms. The fourth-order valence-electron chi connectivity index (χ4n) is 2.90. The number of carbonyl (C=O) groups excluding carboxylic acids is 2. The summed E-state index contributed by atoms with van der Waals surface area (Å²) in [5, 5.41) is 2.82. The molecule has 0 spiro atoms. The summed E-state index contributed by atoms with van der Waals surface area (Å²) in [5.74, 6) is -0.879. The number of rotatable bonds is 5. The number of hydrogen-bond acceptors (Lipinski definition) is 3. The van der Waals surface area contributed by atoms with E-state index in [0.717, 1.165) is 22.3 Å². The van der Waals surface area contributed by atoms with Crippen LogP contribution in [-0.4, -0.2) is 18.5 Å². The molecule has 0 saturated heterocycles. The molecule has 0 heterocycles. The van der Waals surface area contributed by atoms with Crippen molar-refractivity contribution in [2.75, 3.05) is 11.9 Å². The molecule has 3 rings (SSSR count). The van der Waals surface area contributed by atoms with Gasteiger partial charge in [-0.1, -0.05) is 66.2 Å². The monoisotopic (exact) mass is 359 g/mol. The van der Waals surface area contributed by atoms with E-state index < -0.39 is 5.97 Å². The summed E-state index contributed by atoms with van der Waals surface area (Å²) in [4.78, 5) is 24.5. The van der Waals surface area contributed by atoms with Gasteiger partial charge in [0.1, 0.15) is 0 Å². The molecule has 0 radical (unpaired) electrons. The van der Waals surface area contributed by atoms with Crippen molar-refractivity contribution in [2.24, 2.45) is 0 Å². The first-order chi connectivity index (χ1) is 13.0. The zero-order valence-corrected chi connectivity index (χ0v) is 15.4. The van der Waals surface area contributed by atoms with E-state index in [0.29, 0.717) is 11.3 Å². The van der Waals surface area contributed by atoms with Gasteiger partial charge in [-0.3, -0.25) is 4.79 Å². The van der Waals surface area contributed by atoms with Crippen LogP contribution in [0.5, 0.6) is 0 Å². The van der Waals surface area contributed by atoms with E-state index in [4.69, 9.17) is 4.74 Å². The van der Waals surface area contributed by atoms with Crippen LogP contribution in [0.4, 0.5) is 5.69 Å². The van der Waals surface area contributed by atoms with E-state index in [-0.39, 0.29) is 12.5 Å². The summed E-state index contributed by atoms with van der Waals surface area (Å²) in [5.41, 5.74) is 4.95. The van der Waals surface area contributed by atoms with Crippen molar-refractivity contribution in [3.8, 4) is 11.1 Å². The van der Waals surface area contributed by atoms with Crippen molar-refractivity contribution in [1.29, 1.82) is 0 Å². The van der Waals surface area contributed by atoms with E-state index >= 15 is 0 Å². The van der Waals surface area contributed by atoms with Gasteiger partial charge in [-0.15, -0.1) is 0 Å². The predicted molar refractivity (Wildman–Crippen MR) is 107 cm³/mol. The van der Waals surface area contributed by atoms with Crippen LogP contribution in [0, 0.1) is 13.8 Å². The molecule has 0 aliphatic heterocycles. The van der Waals surface area contributed by atoms with Gasteiger partial charge in [0.05, 0.1) is 5.56 Å². The molecule has 0 aliphatic carbocycles. The maximum absolute atomic E-state index is 12.3. The Balaban J connectivity index is 1.66. The van der Waals surface area contributed by atoms with E-state index in [1.165, 1.54) is 0 Å². The van der Waals surface area contributed by atoms with Crippen LogP contribution in [0.1, 0.15) is 21.5 Å². The fourth-order valence-corrected chi connectivity index (χ4v) is 2.90. The number of benzene rings is 3. The second-order valence-corrected chi connectivity index (χ2v) is 6.35. The molecule has 1 N–H and O–H groups in total. The lowest BCUT2D eigenvalue weighted by Gasteiger charge is -2.12. The summed E-state index contributed by atoms with van der Waals surface area (Å²) < 4.78 is 5.18. The highest BCUT2D eigenvalue weighted by atomic mass is 16.5. The summed E-state index contributed by atoms with van der Waals surface area (Å²) in [6.07, 6.45) is 0. The Kier molecular flexibility index (Phi) is 5.67. The van der Waals surface area contributed by atoms with Crippen LogP contribution < -0.4 is 5.32 Å². The van der Waals surface area contributed by atoms with Crippen molar-refractivity contribution in [3.05, 3.63) is 89.5 Å². The van der Waals surface area contributed by atoms with Gasteiger partial charge in [0.15, 0.2) is 6.61 Å². The standard InChI is InChI=1S/C23H21NO3/c1-16-12-13-19(17(2)14-16)23(26)27-15-22(25)24-21-11-7-6-10-20(21)18-8-4-3-5-9-18/h3-14H,15H2,1-2H3,(H,24,25). The number of aryl methyl sites for hydroxylation is 2. The Bertz CT molecular complexity index is 964. The average Bonchev–Trinajstić information content (AvgIpc) is 2.67. The molecule has 136 valence electrons. The quantitative estimate of drug-likeness (QED) is 0.668. The molecule has 0 atom stereocenters. The Labute approximate surface area is 158 Å². The van der Waals surface area contributed by atoms with Gasteiger partial charge in [-0.05, 0) is 37.1 Å². The number of amides is 1. The minimum absolute atomic E-state index is 0.338. The molecule has 4 nitrogen and oxygen atoms in total. The minimum Gasteiger partial charge on any atom is -0.452 e. The highest BCUT2D eigenvalue weighted by molar-refractivity contribution is 5.98. The van der Waals surface area contributed by atoms with Crippen molar-refractivity contribution in [3.63, 3.8) is 0 Å². The van der Waals surface area contributed by atoms with Crippen molar-refractivity contribution in [2.45, 2.75) is 13.8 Å². The smallest absolute Gasteiger partial charge is 0.338 e. The van der Waals surface area contributed by atoms with Crippen LogP contribution in [0.3, 0.4) is 0 Å². The average molecular weight is 359 g/mol. The molecule has 0 aromatic heterocycles. The molecule has 0 unspecified atom stereocenters. The molecule has 3 aromatic rings. The third-order valence-corrected chi connectivity index (χ3v) is 4.22. The summed E-state index contributed by atoms with van der Waals surface area (Å²) in [6.45, 7) is 3.47. The fraction of sp³-hybridized carbons (Fsp3) is 0.130. The molecule has 3 aromatic carbocycles. The Morgan fingerprint density at radius 1 is 0.889 bits per heavy atom. The Morgan fingerprint density at radius 2 is 1.59 bits per heavy atom. The summed E-state index contributed by atoms with van der Waals surface area (Å²) in [6, 6.07) is 22.8. The van der Waals surface area contributed by atoms with Crippen LogP contribution >= 0.6 is 0 Å².